The highest BCUT2D eigenvalue weighted by molar-refractivity contribution is 7.11. The van der Waals surface area contributed by atoms with Crippen molar-refractivity contribution in [1.29, 1.82) is 0 Å². The summed E-state index contributed by atoms with van der Waals surface area (Å²) in [6.45, 7) is 6.41. The number of halogens is 2. The van der Waals surface area contributed by atoms with E-state index in [1.165, 1.54) is 30.6 Å². The minimum absolute atomic E-state index is 0.0184. The van der Waals surface area contributed by atoms with Crippen molar-refractivity contribution in [3.8, 4) is 0 Å². The summed E-state index contributed by atoms with van der Waals surface area (Å²) >= 11 is 7.31. The Hall–Kier alpha value is -2.98. The number of amidine groups is 1. The summed E-state index contributed by atoms with van der Waals surface area (Å²) in [5.74, 6) is -0.769. The molecule has 0 bridgehead atoms. The number of hydrogen-bond acceptors (Lipinski definition) is 8. The van der Waals surface area contributed by atoms with Crippen molar-refractivity contribution in [2.75, 3.05) is 20.2 Å². The molecule has 1 fully saturated rings. The molecule has 2 aliphatic heterocycles. The standard InChI is InChI=1S/C25H28ClFN4O4S/c1-25(2,3)35-24(33)31-10-7-14(8-11-31)19-18(23(32)34-4)20(15-5-6-16(26)17(27)13-15)30-21(29-19)22-28-9-12-36-22/h5-6,9,12-14,20H,7-8,10-11H2,1-4H3,(H,29,30). The summed E-state index contributed by atoms with van der Waals surface area (Å²) in [6, 6.07) is 3.56. The third-order valence-corrected chi connectivity index (χ3v) is 7.02. The zero-order valence-electron chi connectivity index (χ0n) is 20.5. The van der Waals surface area contributed by atoms with Crippen LogP contribution >= 0.6 is 22.9 Å². The second-order valence-electron chi connectivity index (χ2n) is 9.58. The zero-order chi connectivity index (χ0) is 26.0. The lowest BCUT2D eigenvalue weighted by atomic mass is 9.86. The number of piperidine rings is 1. The summed E-state index contributed by atoms with van der Waals surface area (Å²) < 4.78 is 25.1. The van der Waals surface area contributed by atoms with E-state index in [9.17, 15) is 14.0 Å². The number of ether oxygens (including phenoxy) is 2. The molecule has 8 nitrogen and oxygen atoms in total. The van der Waals surface area contributed by atoms with Crippen LogP contribution in [0.5, 0.6) is 0 Å². The summed E-state index contributed by atoms with van der Waals surface area (Å²) in [5.41, 5.74) is 0.831. The Morgan fingerprint density at radius 3 is 2.56 bits per heavy atom. The van der Waals surface area contributed by atoms with Crippen molar-refractivity contribution < 1.29 is 23.5 Å². The van der Waals surface area contributed by atoms with E-state index < -0.39 is 23.4 Å². The normalized spacial score (nSPS) is 19.0. The lowest BCUT2D eigenvalue weighted by molar-refractivity contribution is -0.136. The smallest absolute Gasteiger partial charge is 0.410 e. The van der Waals surface area contributed by atoms with Gasteiger partial charge in [-0.3, -0.25) is 4.99 Å². The average molecular weight is 535 g/mol. The van der Waals surface area contributed by atoms with Crippen molar-refractivity contribution in [1.82, 2.24) is 15.2 Å². The highest BCUT2D eigenvalue weighted by Crippen LogP contribution is 2.38. The van der Waals surface area contributed by atoms with Crippen molar-refractivity contribution in [3.05, 3.63) is 62.5 Å². The second-order valence-corrected chi connectivity index (χ2v) is 10.9. The van der Waals surface area contributed by atoms with Crippen LogP contribution in [0.3, 0.4) is 0 Å². The molecule has 11 heteroatoms. The Kier molecular flexibility index (Phi) is 7.65. The summed E-state index contributed by atoms with van der Waals surface area (Å²) in [7, 11) is 1.30. The van der Waals surface area contributed by atoms with E-state index >= 15 is 0 Å². The Bertz CT molecular complexity index is 1200. The first-order chi connectivity index (χ1) is 17.1. The van der Waals surface area contributed by atoms with Crippen LogP contribution in [-0.2, 0) is 14.3 Å². The SMILES string of the molecule is COC(=O)C1=C(C2CCN(C(=O)OC(C)(C)C)CC2)NC(c2nccs2)=NC1c1ccc(Cl)c(F)c1. The van der Waals surface area contributed by atoms with Gasteiger partial charge in [-0.2, -0.15) is 0 Å². The molecule has 2 aromatic rings. The molecule has 3 heterocycles. The molecule has 0 spiro atoms. The van der Waals surface area contributed by atoms with Crippen LogP contribution in [0.4, 0.5) is 9.18 Å². The molecular weight excluding hydrogens is 507 g/mol. The molecule has 1 aromatic heterocycles. The predicted octanol–water partition coefficient (Wildman–Crippen LogP) is 5.10. The molecule has 192 valence electrons. The lowest BCUT2D eigenvalue weighted by Crippen LogP contribution is -2.44. The van der Waals surface area contributed by atoms with Gasteiger partial charge < -0.3 is 19.7 Å². The fourth-order valence-corrected chi connectivity index (χ4v) is 4.98. The number of allylic oxidation sites excluding steroid dienone is 1. The van der Waals surface area contributed by atoms with Crippen LogP contribution in [0.1, 0.15) is 50.2 Å². The third-order valence-electron chi connectivity index (χ3n) is 5.93. The zero-order valence-corrected chi connectivity index (χ0v) is 22.1. The molecule has 36 heavy (non-hydrogen) atoms. The number of carbonyl (C=O) groups is 2. The minimum Gasteiger partial charge on any atom is -0.466 e. The van der Waals surface area contributed by atoms with Gasteiger partial charge in [0, 0.05) is 36.3 Å². The largest absolute Gasteiger partial charge is 0.466 e. The van der Waals surface area contributed by atoms with Crippen molar-refractivity contribution in [3.63, 3.8) is 0 Å². The fraction of sp³-hybridized carbons (Fsp3) is 0.440. The van der Waals surface area contributed by atoms with Gasteiger partial charge in [-0.25, -0.2) is 19.0 Å². The van der Waals surface area contributed by atoms with Gasteiger partial charge in [0.1, 0.15) is 17.5 Å². The van der Waals surface area contributed by atoms with Crippen molar-refractivity contribution in [2.24, 2.45) is 10.9 Å². The number of amides is 1. The topological polar surface area (TPSA) is 93.1 Å². The maximum atomic E-state index is 14.4. The molecule has 1 amide bonds. The van der Waals surface area contributed by atoms with Crippen LogP contribution < -0.4 is 5.32 Å². The number of esters is 1. The highest BCUT2D eigenvalue weighted by Gasteiger charge is 2.38. The van der Waals surface area contributed by atoms with Gasteiger partial charge in [-0.15, -0.1) is 11.3 Å². The van der Waals surface area contributed by atoms with E-state index in [2.05, 4.69) is 10.3 Å². The number of likely N-dealkylation sites (tertiary alicyclic amines) is 1. The highest BCUT2D eigenvalue weighted by atomic mass is 35.5. The molecule has 0 saturated carbocycles. The fourth-order valence-electron chi connectivity index (χ4n) is 4.27. The number of aromatic nitrogens is 1. The Labute approximate surface area is 218 Å². The predicted molar refractivity (Wildman–Crippen MR) is 136 cm³/mol. The van der Waals surface area contributed by atoms with Crippen LogP contribution in [0.25, 0.3) is 0 Å². The van der Waals surface area contributed by atoms with Gasteiger partial charge in [0.25, 0.3) is 0 Å². The lowest BCUT2D eigenvalue weighted by Gasteiger charge is -2.37. The monoisotopic (exact) mass is 534 g/mol. The van der Waals surface area contributed by atoms with Crippen LogP contribution in [0.2, 0.25) is 5.02 Å². The number of thiazole rings is 1. The number of aliphatic imine (C=N–C) groups is 1. The van der Waals surface area contributed by atoms with E-state index in [0.29, 0.717) is 53.6 Å². The Morgan fingerprint density at radius 2 is 1.97 bits per heavy atom. The first-order valence-corrected chi connectivity index (χ1v) is 12.8. The first kappa shape index (κ1) is 26.1. The Morgan fingerprint density at radius 1 is 1.25 bits per heavy atom. The molecule has 1 aromatic carbocycles. The quantitative estimate of drug-likeness (QED) is 0.548. The number of rotatable bonds is 4. The number of methoxy groups -OCH3 is 1. The van der Waals surface area contributed by atoms with E-state index in [4.69, 9.17) is 26.1 Å². The van der Waals surface area contributed by atoms with E-state index in [1.807, 2.05) is 26.2 Å². The van der Waals surface area contributed by atoms with E-state index in [-0.39, 0.29) is 17.0 Å². The van der Waals surface area contributed by atoms with Gasteiger partial charge in [0.15, 0.2) is 10.8 Å². The molecule has 1 unspecified atom stereocenters. The van der Waals surface area contributed by atoms with Crippen LogP contribution in [0.15, 0.2) is 46.0 Å². The third kappa shape index (κ3) is 5.70. The molecule has 4 rings (SSSR count). The van der Waals surface area contributed by atoms with Gasteiger partial charge in [0.2, 0.25) is 0 Å². The maximum Gasteiger partial charge on any atom is 0.410 e. The number of hydrogen-bond donors (Lipinski definition) is 1. The van der Waals surface area contributed by atoms with E-state index in [0.717, 1.165) is 0 Å². The molecule has 0 aliphatic carbocycles. The molecule has 2 aliphatic rings. The summed E-state index contributed by atoms with van der Waals surface area (Å²) in [4.78, 5) is 36.4. The number of nitrogens with zero attached hydrogens (tertiary/aromatic N) is 3. The number of benzene rings is 1. The number of carbonyl (C=O) groups excluding carboxylic acids is 2. The molecule has 1 saturated heterocycles. The first-order valence-electron chi connectivity index (χ1n) is 11.6. The van der Waals surface area contributed by atoms with E-state index in [1.54, 1.807) is 17.2 Å². The maximum absolute atomic E-state index is 14.4. The molecule has 0 radical (unpaired) electrons. The summed E-state index contributed by atoms with van der Waals surface area (Å²) in [6.07, 6.45) is 2.49. The van der Waals surface area contributed by atoms with Gasteiger partial charge in [-0.05, 0) is 51.3 Å². The summed E-state index contributed by atoms with van der Waals surface area (Å²) in [5, 5.41) is 5.77. The van der Waals surface area contributed by atoms with Crippen molar-refractivity contribution in [2.45, 2.75) is 45.3 Å². The van der Waals surface area contributed by atoms with Crippen LogP contribution in [0, 0.1) is 11.7 Å². The second kappa shape index (κ2) is 10.6. The van der Waals surface area contributed by atoms with Gasteiger partial charge in [-0.1, -0.05) is 17.7 Å². The van der Waals surface area contributed by atoms with Crippen molar-refractivity contribution >= 4 is 40.8 Å². The minimum atomic E-state index is -0.816. The van der Waals surface area contributed by atoms with Crippen LogP contribution in [-0.4, -0.2) is 53.6 Å². The van der Waals surface area contributed by atoms with Gasteiger partial charge in [0.05, 0.1) is 17.7 Å². The average Bonchev–Trinajstić information content (AvgIpc) is 3.39. The van der Waals surface area contributed by atoms with Gasteiger partial charge >= 0.3 is 12.1 Å². The molecule has 1 atom stereocenters. The number of nitrogens with one attached hydrogen (secondary N) is 1. The molecular formula is C25H28ClFN4O4S. The Balaban J connectivity index is 1.70. The molecule has 1 N–H and O–H groups in total.